The Morgan fingerprint density at radius 2 is 1.75 bits per heavy atom. The van der Waals surface area contributed by atoms with E-state index in [1.165, 1.54) is 0 Å². The average Bonchev–Trinajstić information content (AvgIpc) is 2.42. The molecule has 2 unspecified atom stereocenters. The smallest absolute Gasteiger partial charge is 0.330 e. The van der Waals surface area contributed by atoms with Crippen molar-refractivity contribution in [3.8, 4) is 0 Å². The zero-order valence-corrected chi connectivity index (χ0v) is 12.1. The number of carboxylic acids is 1. The molecule has 0 saturated heterocycles. The van der Waals surface area contributed by atoms with Crippen LogP contribution in [0.5, 0.6) is 0 Å². The van der Waals surface area contributed by atoms with Crippen LogP contribution in [-0.2, 0) is 4.79 Å². The molecule has 20 heavy (non-hydrogen) atoms. The number of rotatable bonds is 6. The number of benzene rings is 1. The number of urea groups is 1. The molecule has 2 atom stereocenters. The largest absolute Gasteiger partial charge is 0.479 e. The second-order valence-electron chi connectivity index (χ2n) is 5.26. The predicted molar refractivity (Wildman–Crippen MR) is 77.4 cm³/mol. The molecule has 110 valence electrons. The Kier molecular flexibility index (Phi) is 6.03. The second-order valence-corrected chi connectivity index (χ2v) is 5.26. The normalized spacial score (nSPS) is 13.6. The fourth-order valence-electron chi connectivity index (χ4n) is 1.60. The molecule has 2 amide bonds. The van der Waals surface area contributed by atoms with Gasteiger partial charge in [0.1, 0.15) is 0 Å². The van der Waals surface area contributed by atoms with E-state index in [0.717, 1.165) is 0 Å². The van der Waals surface area contributed by atoms with Gasteiger partial charge in [-0.3, -0.25) is 0 Å². The van der Waals surface area contributed by atoms with Crippen molar-refractivity contribution in [1.82, 2.24) is 10.6 Å². The van der Waals surface area contributed by atoms with Crippen LogP contribution in [-0.4, -0.2) is 23.7 Å². The highest BCUT2D eigenvalue weighted by Gasteiger charge is 2.21. The van der Waals surface area contributed by atoms with Gasteiger partial charge in [-0.15, -0.1) is 0 Å². The number of hydrogen-bond acceptors (Lipinski definition) is 2. The Balaban J connectivity index is 2.59. The Hall–Kier alpha value is -2.04. The monoisotopic (exact) mass is 278 g/mol. The Morgan fingerprint density at radius 3 is 2.25 bits per heavy atom. The van der Waals surface area contributed by atoms with E-state index in [2.05, 4.69) is 24.5 Å². The van der Waals surface area contributed by atoms with Gasteiger partial charge in [-0.2, -0.15) is 0 Å². The molecule has 0 aliphatic heterocycles. The lowest BCUT2D eigenvalue weighted by molar-refractivity contribution is -0.139. The third kappa shape index (κ3) is 4.91. The number of amides is 2. The fourth-order valence-corrected chi connectivity index (χ4v) is 1.60. The molecule has 0 aliphatic carbocycles. The van der Waals surface area contributed by atoms with Gasteiger partial charge in [0, 0.05) is 6.54 Å². The van der Waals surface area contributed by atoms with Gasteiger partial charge in [-0.05, 0) is 17.4 Å². The number of nitrogens with one attached hydrogen (secondary N) is 2. The molecule has 0 bridgehead atoms. The van der Waals surface area contributed by atoms with Crippen LogP contribution >= 0.6 is 0 Å². The topological polar surface area (TPSA) is 78.4 Å². The number of carboxylic acid groups (broad SMARTS) is 1. The van der Waals surface area contributed by atoms with Crippen LogP contribution < -0.4 is 10.6 Å². The fraction of sp³-hybridized carbons (Fsp3) is 0.467. The third-order valence-electron chi connectivity index (χ3n) is 3.38. The molecule has 5 heteroatoms. The molecule has 0 radical (unpaired) electrons. The van der Waals surface area contributed by atoms with Crippen molar-refractivity contribution in [2.75, 3.05) is 6.54 Å². The molecule has 5 nitrogen and oxygen atoms in total. The number of aliphatic carboxylic acids is 1. The predicted octanol–water partition coefficient (Wildman–Crippen LogP) is 2.40. The molecule has 0 saturated carbocycles. The number of carbonyl (C=O) groups is 2. The summed E-state index contributed by atoms with van der Waals surface area (Å²) in [7, 11) is 0. The first-order valence-electron chi connectivity index (χ1n) is 6.74. The summed E-state index contributed by atoms with van der Waals surface area (Å²) < 4.78 is 0. The molecule has 0 fully saturated rings. The highest BCUT2D eigenvalue weighted by molar-refractivity contribution is 5.83. The maximum Gasteiger partial charge on any atom is 0.330 e. The molecule has 0 heterocycles. The van der Waals surface area contributed by atoms with Gasteiger partial charge in [-0.1, -0.05) is 51.1 Å². The quantitative estimate of drug-likeness (QED) is 0.747. The van der Waals surface area contributed by atoms with Gasteiger partial charge in [0.2, 0.25) is 0 Å². The van der Waals surface area contributed by atoms with E-state index in [-0.39, 0.29) is 0 Å². The Bertz CT molecular complexity index is 446. The van der Waals surface area contributed by atoms with Crippen LogP contribution in [0.4, 0.5) is 4.79 Å². The van der Waals surface area contributed by atoms with Gasteiger partial charge in [0.15, 0.2) is 6.04 Å². The summed E-state index contributed by atoms with van der Waals surface area (Å²) in [4.78, 5) is 23.0. The maximum absolute atomic E-state index is 11.8. The first-order chi connectivity index (χ1) is 9.41. The SMILES string of the molecule is CC(C)C(C)CNC(=O)NC(C(=O)O)c1ccccc1. The number of carbonyl (C=O) groups excluding carboxylic acids is 1. The van der Waals surface area contributed by atoms with Crippen molar-refractivity contribution in [3.63, 3.8) is 0 Å². The van der Waals surface area contributed by atoms with E-state index >= 15 is 0 Å². The standard InChI is InChI=1S/C15H22N2O3/c1-10(2)11(3)9-16-15(20)17-13(14(18)19)12-7-5-4-6-8-12/h4-8,10-11,13H,9H2,1-3H3,(H,18,19)(H2,16,17,20). The van der Waals surface area contributed by atoms with Crippen molar-refractivity contribution >= 4 is 12.0 Å². The van der Waals surface area contributed by atoms with E-state index in [1.54, 1.807) is 30.3 Å². The van der Waals surface area contributed by atoms with Crippen molar-refractivity contribution < 1.29 is 14.7 Å². The minimum Gasteiger partial charge on any atom is -0.479 e. The zero-order valence-electron chi connectivity index (χ0n) is 12.1. The molecule has 1 aromatic rings. The van der Waals surface area contributed by atoms with Gasteiger partial charge in [-0.25, -0.2) is 9.59 Å². The minimum atomic E-state index is -1.08. The van der Waals surface area contributed by atoms with Crippen LogP contribution in [0.2, 0.25) is 0 Å². The lowest BCUT2D eigenvalue weighted by Gasteiger charge is -2.19. The van der Waals surface area contributed by atoms with Crippen LogP contribution in [0, 0.1) is 11.8 Å². The first-order valence-corrected chi connectivity index (χ1v) is 6.74. The van der Waals surface area contributed by atoms with Crippen molar-refractivity contribution in [2.45, 2.75) is 26.8 Å². The van der Waals surface area contributed by atoms with E-state index in [0.29, 0.717) is 23.9 Å². The van der Waals surface area contributed by atoms with Gasteiger partial charge in [0.05, 0.1) is 0 Å². The van der Waals surface area contributed by atoms with E-state index in [9.17, 15) is 14.7 Å². The second kappa shape index (κ2) is 7.53. The van der Waals surface area contributed by atoms with Crippen LogP contribution in [0.1, 0.15) is 32.4 Å². The van der Waals surface area contributed by atoms with Gasteiger partial charge >= 0.3 is 12.0 Å². The van der Waals surface area contributed by atoms with Crippen molar-refractivity contribution in [2.24, 2.45) is 11.8 Å². The van der Waals surface area contributed by atoms with Crippen LogP contribution in [0.15, 0.2) is 30.3 Å². The summed E-state index contributed by atoms with van der Waals surface area (Å²) in [6, 6.07) is 7.13. The highest BCUT2D eigenvalue weighted by Crippen LogP contribution is 2.12. The van der Waals surface area contributed by atoms with E-state index in [1.807, 2.05) is 6.92 Å². The minimum absolute atomic E-state index is 0.334. The van der Waals surface area contributed by atoms with E-state index < -0.39 is 18.0 Å². The molecule has 0 aliphatic rings. The molecule has 0 aromatic heterocycles. The molecule has 1 rings (SSSR count). The van der Waals surface area contributed by atoms with Gasteiger partial charge < -0.3 is 15.7 Å². The van der Waals surface area contributed by atoms with Crippen LogP contribution in [0.25, 0.3) is 0 Å². The average molecular weight is 278 g/mol. The highest BCUT2D eigenvalue weighted by atomic mass is 16.4. The van der Waals surface area contributed by atoms with Crippen molar-refractivity contribution in [1.29, 1.82) is 0 Å². The molecule has 1 aromatic carbocycles. The Morgan fingerprint density at radius 1 is 1.15 bits per heavy atom. The summed E-state index contributed by atoms with van der Waals surface area (Å²) in [5, 5.41) is 14.4. The summed E-state index contributed by atoms with van der Waals surface area (Å²) in [6.07, 6.45) is 0. The maximum atomic E-state index is 11.8. The third-order valence-corrected chi connectivity index (χ3v) is 3.38. The summed E-state index contributed by atoms with van der Waals surface area (Å²) in [5.74, 6) is -0.288. The summed E-state index contributed by atoms with van der Waals surface area (Å²) >= 11 is 0. The van der Waals surface area contributed by atoms with Crippen LogP contribution in [0.3, 0.4) is 0 Å². The Labute approximate surface area is 119 Å². The number of hydrogen-bond donors (Lipinski definition) is 3. The molecule has 0 spiro atoms. The molecular weight excluding hydrogens is 256 g/mol. The van der Waals surface area contributed by atoms with E-state index in [4.69, 9.17) is 0 Å². The van der Waals surface area contributed by atoms with Gasteiger partial charge in [0.25, 0.3) is 0 Å². The zero-order chi connectivity index (χ0) is 15.1. The lowest BCUT2D eigenvalue weighted by atomic mass is 9.98. The molecular formula is C15H22N2O3. The lowest BCUT2D eigenvalue weighted by Crippen LogP contribution is -2.42. The first kappa shape index (κ1) is 16.0. The summed E-state index contributed by atoms with van der Waals surface area (Å²) in [6.45, 7) is 6.71. The molecule has 3 N–H and O–H groups in total. The summed E-state index contributed by atoms with van der Waals surface area (Å²) in [5.41, 5.74) is 0.548. The van der Waals surface area contributed by atoms with Crippen molar-refractivity contribution in [3.05, 3.63) is 35.9 Å².